The number of carbonyl (C=O) groups excluding carboxylic acids is 1. The summed E-state index contributed by atoms with van der Waals surface area (Å²) >= 11 is 0. The molecular weight excluding hydrogens is 305 g/mol. The van der Waals surface area contributed by atoms with Crippen molar-refractivity contribution in [1.82, 2.24) is 4.90 Å². The SMILES string of the molecule is CN(CC1CCC1)C(=O)c1ccc(S(=O)(=O)Cl)cc1F. The van der Waals surface area contributed by atoms with E-state index in [-0.39, 0.29) is 10.5 Å². The molecule has 0 N–H and O–H groups in total. The molecule has 0 spiro atoms. The third-order valence-corrected chi connectivity index (χ3v) is 4.91. The molecule has 0 radical (unpaired) electrons. The van der Waals surface area contributed by atoms with Gasteiger partial charge in [0.25, 0.3) is 15.0 Å². The third-order valence-electron chi connectivity index (χ3n) is 3.56. The maximum absolute atomic E-state index is 13.9. The minimum Gasteiger partial charge on any atom is -0.341 e. The number of hydrogen-bond donors (Lipinski definition) is 0. The summed E-state index contributed by atoms with van der Waals surface area (Å²) in [4.78, 5) is 13.2. The normalized spacial score (nSPS) is 15.8. The average Bonchev–Trinajstić information content (AvgIpc) is 2.31. The van der Waals surface area contributed by atoms with Gasteiger partial charge in [-0.1, -0.05) is 6.42 Å². The second-order valence-electron chi connectivity index (χ2n) is 5.06. The Morgan fingerprint density at radius 1 is 1.45 bits per heavy atom. The van der Waals surface area contributed by atoms with Gasteiger partial charge in [0.05, 0.1) is 10.5 Å². The average molecular weight is 320 g/mol. The van der Waals surface area contributed by atoms with Crippen molar-refractivity contribution in [3.63, 3.8) is 0 Å². The summed E-state index contributed by atoms with van der Waals surface area (Å²) < 4.78 is 36.0. The fourth-order valence-corrected chi connectivity index (χ4v) is 2.93. The number of nitrogens with zero attached hydrogens (tertiary/aromatic N) is 1. The highest BCUT2D eigenvalue weighted by molar-refractivity contribution is 8.13. The molecule has 4 nitrogen and oxygen atoms in total. The summed E-state index contributed by atoms with van der Waals surface area (Å²) in [6.07, 6.45) is 3.34. The van der Waals surface area contributed by atoms with E-state index in [1.165, 1.54) is 11.3 Å². The molecule has 110 valence electrons. The van der Waals surface area contributed by atoms with Gasteiger partial charge in [0.2, 0.25) is 0 Å². The molecule has 1 aliphatic carbocycles. The minimum atomic E-state index is -3.99. The lowest BCUT2D eigenvalue weighted by Gasteiger charge is -2.30. The van der Waals surface area contributed by atoms with Crippen molar-refractivity contribution in [2.75, 3.05) is 13.6 Å². The van der Waals surface area contributed by atoms with Gasteiger partial charge in [-0.15, -0.1) is 0 Å². The molecule has 0 aliphatic heterocycles. The van der Waals surface area contributed by atoms with Gasteiger partial charge in [-0.25, -0.2) is 12.8 Å². The lowest BCUT2D eigenvalue weighted by atomic mass is 9.85. The van der Waals surface area contributed by atoms with Crippen molar-refractivity contribution in [3.05, 3.63) is 29.6 Å². The zero-order valence-electron chi connectivity index (χ0n) is 11.0. The molecule has 1 aromatic rings. The Balaban J connectivity index is 2.17. The quantitative estimate of drug-likeness (QED) is 0.802. The largest absolute Gasteiger partial charge is 0.341 e. The van der Waals surface area contributed by atoms with E-state index in [2.05, 4.69) is 0 Å². The number of rotatable bonds is 4. The fraction of sp³-hybridized carbons (Fsp3) is 0.462. The molecule has 1 aliphatic rings. The van der Waals surface area contributed by atoms with Gasteiger partial charge in [-0.3, -0.25) is 4.79 Å². The zero-order valence-corrected chi connectivity index (χ0v) is 12.5. The monoisotopic (exact) mass is 319 g/mol. The van der Waals surface area contributed by atoms with Crippen LogP contribution in [0.3, 0.4) is 0 Å². The van der Waals surface area contributed by atoms with Crippen molar-refractivity contribution in [2.45, 2.75) is 24.2 Å². The summed E-state index contributed by atoms with van der Waals surface area (Å²) in [5, 5.41) is 0. The summed E-state index contributed by atoms with van der Waals surface area (Å²) in [7, 11) is 2.75. The van der Waals surface area contributed by atoms with Gasteiger partial charge in [-0.05, 0) is 37.0 Å². The van der Waals surface area contributed by atoms with Gasteiger partial charge in [0.1, 0.15) is 5.82 Å². The smallest absolute Gasteiger partial charge is 0.261 e. The van der Waals surface area contributed by atoms with Crippen LogP contribution >= 0.6 is 10.7 Å². The van der Waals surface area contributed by atoms with Crippen LogP contribution in [0.2, 0.25) is 0 Å². The summed E-state index contributed by atoms with van der Waals surface area (Å²) in [6, 6.07) is 3.06. The molecule has 7 heteroatoms. The van der Waals surface area contributed by atoms with Crippen LogP contribution in [0, 0.1) is 11.7 Å². The molecule has 1 fully saturated rings. The highest BCUT2D eigenvalue weighted by atomic mass is 35.7. The van der Waals surface area contributed by atoms with E-state index in [1.807, 2.05) is 0 Å². The molecule has 0 atom stereocenters. The van der Waals surface area contributed by atoms with E-state index in [0.717, 1.165) is 31.0 Å². The molecule has 0 aromatic heterocycles. The van der Waals surface area contributed by atoms with E-state index in [0.29, 0.717) is 12.5 Å². The van der Waals surface area contributed by atoms with Crippen molar-refractivity contribution < 1.29 is 17.6 Å². The molecule has 1 amide bonds. The van der Waals surface area contributed by atoms with Gasteiger partial charge in [0, 0.05) is 24.3 Å². The zero-order chi connectivity index (χ0) is 14.9. The molecule has 1 aromatic carbocycles. The number of carbonyl (C=O) groups is 1. The lowest BCUT2D eigenvalue weighted by Crippen LogP contribution is -2.34. The van der Waals surface area contributed by atoms with Crippen molar-refractivity contribution in [1.29, 1.82) is 0 Å². The topological polar surface area (TPSA) is 54.5 Å². The molecule has 0 bridgehead atoms. The Labute approximate surface area is 121 Å². The van der Waals surface area contributed by atoms with Crippen LogP contribution < -0.4 is 0 Å². The molecule has 0 unspecified atom stereocenters. The van der Waals surface area contributed by atoms with E-state index in [1.54, 1.807) is 7.05 Å². The van der Waals surface area contributed by atoms with Crippen LogP contribution in [0.4, 0.5) is 4.39 Å². The van der Waals surface area contributed by atoms with E-state index < -0.39 is 20.8 Å². The Morgan fingerprint density at radius 2 is 2.10 bits per heavy atom. The van der Waals surface area contributed by atoms with Gasteiger partial charge >= 0.3 is 0 Å². The van der Waals surface area contributed by atoms with Crippen LogP contribution in [0.25, 0.3) is 0 Å². The predicted octanol–water partition coefficient (Wildman–Crippen LogP) is 2.63. The van der Waals surface area contributed by atoms with Gasteiger partial charge in [-0.2, -0.15) is 0 Å². The summed E-state index contributed by atoms with van der Waals surface area (Å²) in [5.74, 6) is -0.848. The summed E-state index contributed by atoms with van der Waals surface area (Å²) in [6.45, 7) is 0.591. The molecule has 20 heavy (non-hydrogen) atoms. The van der Waals surface area contributed by atoms with Crippen molar-refractivity contribution in [3.8, 4) is 0 Å². The lowest BCUT2D eigenvalue weighted by molar-refractivity contribution is 0.0740. The van der Waals surface area contributed by atoms with E-state index in [9.17, 15) is 17.6 Å². The number of benzene rings is 1. The van der Waals surface area contributed by atoms with Crippen LogP contribution in [-0.4, -0.2) is 32.8 Å². The first-order valence-corrected chi connectivity index (χ1v) is 8.59. The maximum atomic E-state index is 13.9. The number of hydrogen-bond acceptors (Lipinski definition) is 3. The third kappa shape index (κ3) is 3.30. The first kappa shape index (κ1) is 15.3. The van der Waals surface area contributed by atoms with Gasteiger partial charge < -0.3 is 4.90 Å². The molecule has 2 rings (SSSR count). The predicted molar refractivity (Wildman–Crippen MR) is 73.7 cm³/mol. The second kappa shape index (κ2) is 5.69. The first-order valence-electron chi connectivity index (χ1n) is 6.28. The van der Waals surface area contributed by atoms with Crippen LogP contribution in [0.15, 0.2) is 23.1 Å². The molecule has 0 saturated heterocycles. The second-order valence-corrected chi connectivity index (χ2v) is 7.63. The van der Waals surface area contributed by atoms with E-state index >= 15 is 0 Å². The Bertz CT molecular complexity index is 629. The van der Waals surface area contributed by atoms with Crippen LogP contribution in [0.1, 0.15) is 29.6 Å². The maximum Gasteiger partial charge on any atom is 0.261 e. The molecule has 1 saturated carbocycles. The van der Waals surface area contributed by atoms with Crippen LogP contribution in [-0.2, 0) is 9.05 Å². The fourth-order valence-electron chi connectivity index (χ4n) is 2.17. The van der Waals surface area contributed by atoms with E-state index in [4.69, 9.17) is 10.7 Å². The molecular formula is C13H15ClFNO3S. The van der Waals surface area contributed by atoms with Crippen molar-refractivity contribution in [2.24, 2.45) is 5.92 Å². The standard InChI is InChI=1S/C13H15ClFNO3S/c1-16(8-9-3-2-4-9)13(17)11-6-5-10(7-12(11)15)20(14,18)19/h5-7,9H,2-4,8H2,1H3. The minimum absolute atomic E-state index is 0.143. The molecule has 0 heterocycles. The van der Waals surface area contributed by atoms with Crippen molar-refractivity contribution >= 4 is 25.6 Å². The number of halogens is 2. The Kier molecular flexibility index (Phi) is 4.34. The highest BCUT2D eigenvalue weighted by Gasteiger charge is 2.24. The van der Waals surface area contributed by atoms with Crippen LogP contribution in [0.5, 0.6) is 0 Å². The highest BCUT2D eigenvalue weighted by Crippen LogP contribution is 2.27. The number of amides is 1. The Hall–Kier alpha value is -1.14. The van der Waals surface area contributed by atoms with Gasteiger partial charge in [0.15, 0.2) is 0 Å². The summed E-state index contributed by atoms with van der Waals surface area (Å²) in [5.41, 5.74) is -0.143. The first-order chi connectivity index (χ1) is 9.29. The Morgan fingerprint density at radius 3 is 2.55 bits per heavy atom.